The zero-order chi connectivity index (χ0) is 23.4. The molecule has 1 saturated heterocycles. The van der Waals surface area contributed by atoms with E-state index in [1.165, 1.54) is 5.56 Å². The molecule has 6 heteroatoms. The first-order valence-corrected chi connectivity index (χ1v) is 12.1. The van der Waals surface area contributed by atoms with E-state index in [9.17, 15) is 9.90 Å². The summed E-state index contributed by atoms with van der Waals surface area (Å²) in [7, 11) is 1.86. The minimum absolute atomic E-state index is 0.0275. The molecule has 1 aromatic carbocycles. The first kappa shape index (κ1) is 23.5. The highest BCUT2D eigenvalue weighted by atomic mass is 16.3. The summed E-state index contributed by atoms with van der Waals surface area (Å²) in [6.07, 6.45) is 5.42. The molecule has 33 heavy (non-hydrogen) atoms. The van der Waals surface area contributed by atoms with Gasteiger partial charge in [-0.2, -0.15) is 0 Å². The lowest BCUT2D eigenvalue weighted by Gasteiger charge is -2.34. The number of aliphatic hydroxyl groups excluding tert-OH is 1. The van der Waals surface area contributed by atoms with Gasteiger partial charge in [-0.25, -0.2) is 4.98 Å². The Kier molecular flexibility index (Phi) is 7.46. The summed E-state index contributed by atoms with van der Waals surface area (Å²) < 4.78 is 2.08. The highest BCUT2D eigenvalue weighted by Gasteiger charge is 2.28. The van der Waals surface area contributed by atoms with Crippen LogP contribution < -0.4 is 0 Å². The van der Waals surface area contributed by atoms with E-state index in [0.29, 0.717) is 24.7 Å². The molecule has 0 aliphatic carbocycles. The van der Waals surface area contributed by atoms with Gasteiger partial charge in [0.05, 0.1) is 11.8 Å². The smallest absolute Gasteiger partial charge is 0.274 e. The first-order valence-electron chi connectivity index (χ1n) is 12.1. The van der Waals surface area contributed by atoms with Gasteiger partial charge in [-0.3, -0.25) is 9.69 Å². The zero-order valence-corrected chi connectivity index (χ0v) is 20.1. The van der Waals surface area contributed by atoms with E-state index in [-0.39, 0.29) is 12.0 Å². The number of fused-ring (bicyclic) bond motifs is 1. The van der Waals surface area contributed by atoms with Crippen LogP contribution in [-0.2, 0) is 13.0 Å². The molecule has 1 amide bonds. The van der Waals surface area contributed by atoms with Crippen LogP contribution in [0.5, 0.6) is 0 Å². The Bertz CT molecular complexity index is 1070. The van der Waals surface area contributed by atoms with Gasteiger partial charge in [0.2, 0.25) is 0 Å². The Morgan fingerprint density at radius 2 is 1.91 bits per heavy atom. The highest BCUT2D eigenvalue weighted by Crippen LogP contribution is 2.25. The molecular weight excluding hydrogens is 412 g/mol. The van der Waals surface area contributed by atoms with Crippen LogP contribution in [0.2, 0.25) is 0 Å². The average molecular weight is 449 g/mol. The Morgan fingerprint density at radius 1 is 1.18 bits per heavy atom. The van der Waals surface area contributed by atoms with Crippen molar-refractivity contribution in [2.24, 2.45) is 5.92 Å². The van der Waals surface area contributed by atoms with Crippen LogP contribution >= 0.6 is 0 Å². The summed E-state index contributed by atoms with van der Waals surface area (Å²) in [5.41, 5.74) is 4.65. The highest BCUT2D eigenvalue weighted by molar-refractivity contribution is 5.94. The molecular formula is C27H36N4O2. The number of likely N-dealkylation sites (tertiary alicyclic amines) is 1. The van der Waals surface area contributed by atoms with E-state index in [1.807, 2.05) is 57.4 Å². The molecule has 0 unspecified atom stereocenters. The third-order valence-electron chi connectivity index (χ3n) is 7.04. The number of aryl methyl sites for hydroxylation is 1. The number of imidazole rings is 1. The van der Waals surface area contributed by atoms with Crippen molar-refractivity contribution in [3.05, 3.63) is 71.2 Å². The van der Waals surface area contributed by atoms with Crippen molar-refractivity contribution < 1.29 is 9.90 Å². The monoisotopic (exact) mass is 448 g/mol. The number of hydrogen-bond donors (Lipinski definition) is 1. The number of benzene rings is 1. The van der Waals surface area contributed by atoms with Crippen molar-refractivity contribution in [2.45, 2.75) is 52.2 Å². The molecule has 1 aliphatic rings. The van der Waals surface area contributed by atoms with Crippen LogP contribution in [0.15, 0.2) is 48.7 Å². The maximum absolute atomic E-state index is 13.5. The molecule has 1 aliphatic heterocycles. The van der Waals surface area contributed by atoms with Crippen LogP contribution in [0, 0.1) is 12.8 Å². The van der Waals surface area contributed by atoms with Gasteiger partial charge < -0.3 is 14.4 Å². The molecule has 0 radical (unpaired) electrons. The third kappa shape index (κ3) is 5.28. The zero-order valence-electron chi connectivity index (χ0n) is 20.1. The fraction of sp³-hybridized carbons (Fsp3) is 0.481. The number of aliphatic hydroxyl groups is 1. The molecule has 0 saturated carbocycles. The second-order valence-corrected chi connectivity index (χ2v) is 9.34. The van der Waals surface area contributed by atoms with Gasteiger partial charge in [-0.1, -0.05) is 43.3 Å². The van der Waals surface area contributed by atoms with Crippen molar-refractivity contribution >= 4 is 11.6 Å². The van der Waals surface area contributed by atoms with Gasteiger partial charge in [0.15, 0.2) is 5.69 Å². The number of hydrogen-bond acceptors (Lipinski definition) is 4. The first-order chi connectivity index (χ1) is 16.0. The van der Waals surface area contributed by atoms with E-state index in [1.54, 1.807) is 4.90 Å². The van der Waals surface area contributed by atoms with E-state index in [4.69, 9.17) is 4.98 Å². The second kappa shape index (κ2) is 10.5. The Hall–Kier alpha value is -2.70. The molecule has 1 N–H and O–H groups in total. The number of aromatic nitrogens is 2. The molecule has 3 heterocycles. The van der Waals surface area contributed by atoms with Crippen LogP contribution in [0.1, 0.15) is 53.5 Å². The second-order valence-electron chi connectivity index (χ2n) is 9.34. The Morgan fingerprint density at radius 3 is 2.61 bits per heavy atom. The summed E-state index contributed by atoms with van der Waals surface area (Å²) in [4.78, 5) is 22.5. The largest absolute Gasteiger partial charge is 0.393 e. The number of carbonyl (C=O) groups excluding carboxylic acids is 1. The molecule has 0 bridgehead atoms. The molecule has 0 spiro atoms. The molecule has 2 aromatic heterocycles. The van der Waals surface area contributed by atoms with Crippen LogP contribution in [0.25, 0.3) is 5.65 Å². The minimum atomic E-state index is -0.207. The van der Waals surface area contributed by atoms with Crippen molar-refractivity contribution in [3.63, 3.8) is 0 Å². The fourth-order valence-corrected chi connectivity index (χ4v) is 4.84. The van der Waals surface area contributed by atoms with Crippen molar-refractivity contribution in [1.29, 1.82) is 0 Å². The third-order valence-corrected chi connectivity index (χ3v) is 7.04. The molecule has 1 atom stereocenters. The van der Waals surface area contributed by atoms with Crippen LogP contribution in [0.3, 0.4) is 0 Å². The van der Waals surface area contributed by atoms with Gasteiger partial charge in [-0.05, 0) is 68.8 Å². The number of piperidine rings is 1. The number of amides is 1. The summed E-state index contributed by atoms with van der Waals surface area (Å²) >= 11 is 0. The lowest BCUT2D eigenvalue weighted by atomic mass is 9.90. The van der Waals surface area contributed by atoms with Gasteiger partial charge in [0.1, 0.15) is 5.65 Å². The average Bonchev–Trinajstić information content (AvgIpc) is 3.22. The number of pyridine rings is 1. The maximum Gasteiger partial charge on any atom is 0.274 e. The van der Waals surface area contributed by atoms with Crippen LogP contribution in [-0.4, -0.2) is 63.0 Å². The van der Waals surface area contributed by atoms with Crippen molar-refractivity contribution in [1.82, 2.24) is 19.2 Å². The number of carbonyl (C=O) groups is 1. The lowest BCUT2D eigenvalue weighted by molar-refractivity contribution is 0.0544. The number of likely N-dealkylation sites (N-methyl/N-ethyl adjacent to an activating group) is 1. The number of rotatable bonds is 8. The van der Waals surface area contributed by atoms with Gasteiger partial charge >= 0.3 is 0 Å². The Labute approximate surface area is 196 Å². The van der Waals surface area contributed by atoms with Gasteiger partial charge in [0.25, 0.3) is 5.91 Å². The SMILES string of the molecule is CC[C@H](O)C1CCN(Cc2c(C(=O)N(C)CCc3ccccc3)nc3c(C)cccn23)CC1. The summed E-state index contributed by atoms with van der Waals surface area (Å²) in [5, 5.41) is 10.2. The fourth-order valence-electron chi connectivity index (χ4n) is 4.84. The van der Waals surface area contributed by atoms with E-state index in [2.05, 4.69) is 21.4 Å². The topological polar surface area (TPSA) is 61.1 Å². The molecule has 3 aromatic rings. The van der Waals surface area contributed by atoms with E-state index >= 15 is 0 Å². The molecule has 1 fully saturated rings. The number of nitrogens with zero attached hydrogens (tertiary/aromatic N) is 4. The predicted octanol–water partition coefficient (Wildman–Crippen LogP) is 3.94. The van der Waals surface area contributed by atoms with Crippen LogP contribution in [0.4, 0.5) is 0 Å². The molecule has 6 nitrogen and oxygen atoms in total. The lowest BCUT2D eigenvalue weighted by Crippen LogP contribution is -2.38. The summed E-state index contributed by atoms with van der Waals surface area (Å²) in [6, 6.07) is 14.3. The van der Waals surface area contributed by atoms with Crippen molar-refractivity contribution in [3.8, 4) is 0 Å². The standard InChI is InChI=1S/C27H36N4O2/c1-4-24(32)22-13-17-30(18-14-22)19-23-25(28-26-20(2)9-8-15-31(23)26)27(33)29(3)16-12-21-10-6-5-7-11-21/h5-11,15,22,24,32H,4,12-14,16-19H2,1-3H3/t24-/m0/s1. The quantitative estimate of drug-likeness (QED) is 0.567. The van der Waals surface area contributed by atoms with E-state index in [0.717, 1.165) is 55.7 Å². The summed E-state index contributed by atoms with van der Waals surface area (Å²) in [5.74, 6) is 0.348. The predicted molar refractivity (Wildman–Crippen MR) is 131 cm³/mol. The Balaban J connectivity index is 1.53. The van der Waals surface area contributed by atoms with E-state index < -0.39 is 0 Å². The van der Waals surface area contributed by atoms with Crippen molar-refractivity contribution in [2.75, 3.05) is 26.7 Å². The normalized spacial score (nSPS) is 16.2. The minimum Gasteiger partial charge on any atom is -0.393 e. The maximum atomic E-state index is 13.5. The van der Waals surface area contributed by atoms with Gasteiger partial charge in [-0.15, -0.1) is 0 Å². The van der Waals surface area contributed by atoms with Gasteiger partial charge in [0, 0.05) is 26.3 Å². The molecule has 4 rings (SSSR count). The summed E-state index contributed by atoms with van der Waals surface area (Å²) in [6.45, 7) is 7.28. The molecule has 176 valence electrons.